The highest BCUT2D eigenvalue weighted by Crippen LogP contribution is 2.30. The average Bonchev–Trinajstić information content (AvgIpc) is 3.08. The number of nitrogens with one attached hydrogen (secondary N) is 1. The van der Waals surface area contributed by atoms with Gasteiger partial charge in [-0.25, -0.2) is 14.2 Å². The lowest BCUT2D eigenvalue weighted by Crippen LogP contribution is -2.43. The number of benzene rings is 2. The summed E-state index contributed by atoms with van der Waals surface area (Å²) < 4.78 is 20.5. The largest absolute Gasteiger partial charge is 0.444 e. The maximum atomic E-state index is 13.7. The summed E-state index contributed by atoms with van der Waals surface area (Å²) in [5.41, 5.74) is 0.865. The molecule has 9 heteroatoms. The number of alkyl carbamates (subject to hydrolysis) is 1. The van der Waals surface area contributed by atoms with Gasteiger partial charge in [-0.15, -0.1) is 0 Å². The first-order valence-electron chi connectivity index (χ1n) is 10.3. The predicted molar refractivity (Wildman–Crippen MR) is 122 cm³/mol. The molecule has 7 nitrogen and oxygen atoms in total. The standard InChI is InChI=1S/C23H24ClFN4O3/c1-13(26-22(31)32-23(2,3)4)20-27-17-7-5-6-16(24)19(17)21(30)29(20)28-11-10-14-12-15(25)8-9-18(14)28/h5-9,12-13H,10-11H2,1-4H3,(H,26,31)/t13-/m0/s1. The van der Waals surface area contributed by atoms with E-state index in [4.69, 9.17) is 16.3 Å². The van der Waals surface area contributed by atoms with E-state index in [1.807, 2.05) is 0 Å². The van der Waals surface area contributed by atoms with E-state index in [0.29, 0.717) is 30.0 Å². The van der Waals surface area contributed by atoms with Crippen molar-refractivity contribution >= 4 is 34.3 Å². The Morgan fingerprint density at radius 3 is 2.75 bits per heavy atom. The minimum atomic E-state index is -0.675. The average molecular weight is 459 g/mol. The molecule has 0 bridgehead atoms. The Kier molecular flexibility index (Phi) is 5.58. The zero-order valence-electron chi connectivity index (χ0n) is 18.3. The third-order valence-corrected chi connectivity index (χ3v) is 5.44. The summed E-state index contributed by atoms with van der Waals surface area (Å²) in [4.78, 5) is 30.7. The number of rotatable bonds is 3. The third-order valence-electron chi connectivity index (χ3n) is 5.12. The number of nitrogens with zero attached hydrogens (tertiary/aromatic N) is 3. The highest BCUT2D eigenvalue weighted by atomic mass is 35.5. The second kappa shape index (κ2) is 8.09. The van der Waals surface area contributed by atoms with Gasteiger partial charge in [0.1, 0.15) is 11.4 Å². The Balaban J connectivity index is 1.86. The lowest BCUT2D eigenvalue weighted by molar-refractivity contribution is 0.0504. The number of hydrogen-bond acceptors (Lipinski definition) is 5. The van der Waals surface area contributed by atoms with Crippen LogP contribution in [0.4, 0.5) is 14.9 Å². The van der Waals surface area contributed by atoms with E-state index in [-0.39, 0.29) is 21.8 Å². The molecular weight excluding hydrogens is 435 g/mol. The molecule has 1 aromatic heterocycles. The van der Waals surface area contributed by atoms with Gasteiger partial charge in [0.05, 0.1) is 27.7 Å². The van der Waals surface area contributed by atoms with Crippen molar-refractivity contribution in [1.29, 1.82) is 0 Å². The quantitative estimate of drug-likeness (QED) is 0.620. The first-order chi connectivity index (χ1) is 15.0. The van der Waals surface area contributed by atoms with Crippen molar-refractivity contribution in [2.45, 2.75) is 45.8 Å². The molecule has 168 valence electrons. The van der Waals surface area contributed by atoms with Crippen molar-refractivity contribution in [3.05, 3.63) is 69.0 Å². The van der Waals surface area contributed by atoms with Crippen LogP contribution in [0.15, 0.2) is 41.2 Å². The lowest BCUT2D eigenvalue weighted by atomic mass is 10.2. The summed E-state index contributed by atoms with van der Waals surface area (Å²) in [5.74, 6) is -0.0226. The number of aromatic nitrogens is 2. The van der Waals surface area contributed by atoms with Crippen molar-refractivity contribution in [3.63, 3.8) is 0 Å². The summed E-state index contributed by atoms with van der Waals surface area (Å²) in [7, 11) is 0. The molecular formula is C23H24ClFN4O3. The highest BCUT2D eigenvalue weighted by Gasteiger charge is 2.29. The second-order valence-corrected chi connectivity index (χ2v) is 9.14. The van der Waals surface area contributed by atoms with Crippen molar-refractivity contribution in [2.24, 2.45) is 0 Å². The minimum absolute atomic E-state index is 0.276. The maximum absolute atomic E-state index is 13.7. The molecule has 0 fully saturated rings. The maximum Gasteiger partial charge on any atom is 0.408 e. The monoisotopic (exact) mass is 458 g/mol. The van der Waals surface area contributed by atoms with E-state index < -0.39 is 17.7 Å². The van der Waals surface area contributed by atoms with Gasteiger partial charge in [0.2, 0.25) is 0 Å². The molecule has 32 heavy (non-hydrogen) atoms. The van der Waals surface area contributed by atoms with Crippen LogP contribution in [0.2, 0.25) is 5.02 Å². The van der Waals surface area contributed by atoms with Crippen LogP contribution >= 0.6 is 11.6 Å². The van der Waals surface area contributed by atoms with Gasteiger partial charge >= 0.3 is 6.09 Å². The number of carbonyl (C=O) groups excluding carboxylic acids is 1. The SMILES string of the molecule is C[C@H](NC(=O)OC(C)(C)C)c1nc2cccc(Cl)c2c(=O)n1N1CCc2cc(F)ccc21. The zero-order chi connectivity index (χ0) is 23.2. The Bertz CT molecular complexity index is 1270. The van der Waals surface area contributed by atoms with Crippen LogP contribution in [0, 0.1) is 5.82 Å². The van der Waals surface area contributed by atoms with Crippen molar-refractivity contribution in [1.82, 2.24) is 15.0 Å². The summed E-state index contributed by atoms with van der Waals surface area (Å²) >= 11 is 6.34. The van der Waals surface area contributed by atoms with Crippen LogP contribution in [-0.4, -0.2) is 27.9 Å². The van der Waals surface area contributed by atoms with Crippen LogP contribution in [-0.2, 0) is 11.2 Å². The molecule has 3 aromatic rings. The summed E-state index contributed by atoms with van der Waals surface area (Å²) in [6.45, 7) is 7.47. The van der Waals surface area contributed by atoms with Crippen molar-refractivity contribution < 1.29 is 13.9 Å². The fourth-order valence-corrected chi connectivity index (χ4v) is 4.07. The molecule has 0 saturated heterocycles. The van der Waals surface area contributed by atoms with Gasteiger partial charge in [-0.2, -0.15) is 4.68 Å². The number of anilines is 1. The number of carbonyl (C=O) groups is 1. The van der Waals surface area contributed by atoms with E-state index in [2.05, 4.69) is 10.3 Å². The third kappa shape index (κ3) is 4.14. The normalized spacial score (nSPS) is 14.4. The number of ether oxygens (including phenoxy) is 1. The first kappa shape index (κ1) is 22.1. The molecule has 0 aliphatic carbocycles. The second-order valence-electron chi connectivity index (χ2n) is 8.74. The molecule has 0 spiro atoms. The van der Waals surface area contributed by atoms with E-state index >= 15 is 0 Å². The minimum Gasteiger partial charge on any atom is -0.444 e. The zero-order valence-corrected chi connectivity index (χ0v) is 19.0. The number of amides is 1. The van der Waals surface area contributed by atoms with Crippen LogP contribution in [0.1, 0.15) is 45.1 Å². The Hall–Kier alpha value is -3.13. The molecule has 2 aromatic carbocycles. The van der Waals surface area contributed by atoms with Gasteiger partial charge in [-0.3, -0.25) is 9.80 Å². The summed E-state index contributed by atoms with van der Waals surface area (Å²) in [5, 5.41) is 5.06. The Morgan fingerprint density at radius 1 is 1.28 bits per heavy atom. The van der Waals surface area contributed by atoms with Crippen molar-refractivity contribution in [2.75, 3.05) is 11.6 Å². The van der Waals surface area contributed by atoms with Crippen LogP contribution in [0.5, 0.6) is 0 Å². The van der Waals surface area contributed by atoms with E-state index in [9.17, 15) is 14.0 Å². The molecule has 2 heterocycles. The lowest BCUT2D eigenvalue weighted by Gasteiger charge is -2.28. The number of hydrogen-bond donors (Lipinski definition) is 1. The van der Waals surface area contributed by atoms with Gasteiger partial charge < -0.3 is 10.1 Å². The summed E-state index contributed by atoms with van der Waals surface area (Å²) in [6.07, 6.45) is -0.0613. The molecule has 4 rings (SSSR count). The molecule has 0 radical (unpaired) electrons. The molecule has 0 saturated carbocycles. The molecule has 1 aliphatic rings. The highest BCUT2D eigenvalue weighted by molar-refractivity contribution is 6.35. The van der Waals surface area contributed by atoms with E-state index in [0.717, 1.165) is 5.56 Å². The van der Waals surface area contributed by atoms with Crippen molar-refractivity contribution in [3.8, 4) is 0 Å². The van der Waals surface area contributed by atoms with Gasteiger partial charge in [0, 0.05) is 6.54 Å². The van der Waals surface area contributed by atoms with E-state index in [1.165, 1.54) is 16.8 Å². The van der Waals surface area contributed by atoms with Gasteiger partial charge in [-0.05, 0) is 70.0 Å². The van der Waals surface area contributed by atoms with Gasteiger partial charge in [0.25, 0.3) is 5.56 Å². The number of halogens is 2. The molecule has 1 N–H and O–H groups in total. The smallest absolute Gasteiger partial charge is 0.408 e. The van der Waals surface area contributed by atoms with Crippen LogP contribution in [0.25, 0.3) is 10.9 Å². The molecule has 1 amide bonds. The fraction of sp³-hybridized carbons (Fsp3) is 0.348. The predicted octanol–water partition coefficient (Wildman–Crippen LogP) is 4.60. The fourth-order valence-electron chi connectivity index (χ4n) is 3.82. The Labute approximate surface area is 189 Å². The molecule has 0 unspecified atom stereocenters. The van der Waals surface area contributed by atoms with Crippen LogP contribution in [0.3, 0.4) is 0 Å². The Morgan fingerprint density at radius 2 is 2.03 bits per heavy atom. The van der Waals surface area contributed by atoms with E-state index in [1.54, 1.807) is 57.0 Å². The molecule has 1 atom stereocenters. The van der Waals surface area contributed by atoms with Gasteiger partial charge in [-0.1, -0.05) is 17.7 Å². The summed E-state index contributed by atoms with van der Waals surface area (Å²) in [6, 6.07) is 8.83. The van der Waals surface area contributed by atoms with Crippen LogP contribution < -0.4 is 15.9 Å². The molecule has 1 aliphatic heterocycles. The first-order valence-corrected chi connectivity index (χ1v) is 10.7. The number of fused-ring (bicyclic) bond motifs is 2. The topological polar surface area (TPSA) is 76.5 Å². The van der Waals surface area contributed by atoms with Gasteiger partial charge in [0.15, 0.2) is 5.82 Å².